The number of nitrogens with zero attached hydrogens (tertiary/aromatic N) is 2. The molecule has 3 rings (SSSR count). The van der Waals surface area contributed by atoms with E-state index in [0.717, 1.165) is 6.42 Å². The predicted molar refractivity (Wildman–Crippen MR) is 100 cm³/mol. The van der Waals surface area contributed by atoms with Crippen molar-refractivity contribution in [3.8, 4) is 11.5 Å². The van der Waals surface area contributed by atoms with Crippen molar-refractivity contribution in [1.82, 2.24) is 9.80 Å². The second kappa shape index (κ2) is 7.66. The number of hydrogen-bond acceptors (Lipinski definition) is 5. The molecule has 27 heavy (non-hydrogen) atoms. The highest BCUT2D eigenvalue weighted by Gasteiger charge is 2.31. The molecule has 1 saturated heterocycles. The van der Waals surface area contributed by atoms with E-state index in [1.165, 1.54) is 0 Å². The minimum atomic E-state index is -0.504. The topological polar surface area (TPSA) is 68.3 Å². The van der Waals surface area contributed by atoms with Crippen molar-refractivity contribution < 1.29 is 23.8 Å². The Labute approximate surface area is 160 Å². The lowest BCUT2D eigenvalue weighted by Gasteiger charge is -2.26. The zero-order chi connectivity index (χ0) is 19.6. The fraction of sp³-hybridized carbons (Fsp3) is 0.600. The molecule has 7 heteroatoms. The normalized spacial score (nSPS) is 19.0. The Hall–Kier alpha value is -2.44. The van der Waals surface area contributed by atoms with Gasteiger partial charge in [0.15, 0.2) is 11.5 Å². The average molecular weight is 376 g/mol. The second-order valence-electron chi connectivity index (χ2n) is 8.10. The van der Waals surface area contributed by atoms with E-state index in [0.29, 0.717) is 49.9 Å². The van der Waals surface area contributed by atoms with Gasteiger partial charge in [-0.05, 0) is 45.2 Å². The minimum Gasteiger partial charge on any atom is -0.486 e. The zero-order valence-electron chi connectivity index (χ0n) is 16.5. The Morgan fingerprint density at radius 3 is 2.74 bits per heavy atom. The van der Waals surface area contributed by atoms with Gasteiger partial charge in [0.1, 0.15) is 18.8 Å². The van der Waals surface area contributed by atoms with Gasteiger partial charge in [-0.15, -0.1) is 0 Å². The summed E-state index contributed by atoms with van der Waals surface area (Å²) in [5, 5.41) is 0. The molecule has 0 radical (unpaired) electrons. The smallest absolute Gasteiger partial charge is 0.410 e. The Morgan fingerprint density at radius 1 is 1.26 bits per heavy atom. The highest BCUT2D eigenvalue weighted by Crippen LogP contribution is 2.34. The summed E-state index contributed by atoms with van der Waals surface area (Å²) in [7, 11) is 1.78. The average Bonchev–Trinajstić information content (AvgIpc) is 3.08. The molecule has 0 unspecified atom stereocenters. The number of benzene rings is 1. The Balaban J connectivity index is 1.59. The predicted octanol–water partition coefficient (Wildman–Crippen LogP) is 2.79. The summed E-state index contributed by atoms with van der Waals surface area (Å²) < 4.78 is 16.6. The highest BCUT2D eigenvalue weighted by molar-refractivity contribution is 5.97. The number of likely N-dealkylation sites (tertiary alicyclic amines) is 1. The Bertz CT molecular complexity index is 713. The van der Waals surface area contributed by atoms with Crippen molar-refractivity contribution in [2.75, 3.05) is 39.9 Å². The van der Waals surface area contributed by atoms with Crippen molar-refractivity contribution in [2.45, 2.75) is 32.8 Å². The molecule has 1 aromatic carbocycles. The molecular formula is C20H28N2O5. The van der Waals surface area contributed by atoms with Gasteiger partial charge in [-0.3, -0.25) is 4.79 Å². The quantitative estimate of drug-likeness (QED) is 0.811. The van der Waals surface area contributed by atoms with Crippen LogP contribution in [0.15, 0.2) is 18.2 Å². The van der Waals surface area contributed by atoms with Crippen molar-refractivity contribution in [3.05, 3.63) is 23.8 Å². The summed E-state index contributed by atoms with van der Waals surface area (Å²) in [5.74, 6) is 1.25. The standard InChI is InChI=1S/C20H28N2O5/c1-20(2,3)27-19(24)22-9-8-14(13-22)12-21(4)18(23)15-6-5-7-16-17(15)26-11-10-25-16/h5-7,14H,8-13H2,1-4H3/t14-/m0/s1. The van der Waals surface area contributed by atoms with Gasteiger partial charge < -0.3 is 24.0 Å². The van der Waals surface area contributed by atoms with Crippen LogP contribution < -0.4 is 9.47 Å². The molecule has 0 N–H and O–H groups in total. The number of fused-ring (bicyclic) bond motifs is 1. The van der Waals surface area contributed by atoms with E-state index in [2.05, 4.69) is 0 Å². The van der Waals surface area contributed by atoms with Crippen LogP contribution >= 0.6 is 0 Å². The fourth-order valence-electron chi connectivity index (χ4n) is 3.39. The number of ether oxygens (including phenoxy) is 3. The van der Waals surface area contributed by atoms with Crippen LogP contribution in [0.2, 0.25) is 0 Å². The van der Waals surface area contributed by atoms with E-state index in [-0.39, 0.29) is 17.9 Å². The lowest BCUT2D eigenvalue weighted by atomic mass is 10.1. The van der Waals surface area contributed by atoms with Gasteiger partial charge in [-0.25, -0.2) is 4.79 Å². The van der Waals surface area contributed by atoms with Crippen LogP contribution in [0.1, 0.15) is 37.6 Å². The molecule has 0 bridgehead atoms. The first-order chi connectivity index (χ1) is 12.7. The SMILES string of the molecule is CN(C[C@@H]1CCN(C(=O)OC(C)(C)C)C1)C(=O)c1cccc2c1OCCO2. The van der Waals surface area contributed by atoms with Gasteiger partial charge >= 0.3 is 6.09 Å². The van der Waals surface area contributed by atoms with Crippen molar-refractivity contribution in [3.63, 3.8) is 0 Å². The van der Waals surface area contributed by atoms with Gasteiger partial charge in [0.25, 0.3) is 5.91 Å². The molecule has 2 aliphatic rings. The number of carbonyl (C=O) groups is 2. The molecule has 148 valence electrons. The van der Waals surface area contributed by atoms with Crippen molar-refractivity contribution in [1.29, 1.82) is 0 Å². The molecular weight excluding hydrogens is 348 g/mol. The maximum atomic E-state index is 12.9. The van der Waals surface area contributed by atoms with Crippen LogP contribution in [-0.2, 0) is 4.74 Å². The Kier molecular flexibility index (Phi) is 5.48. The molecule has 2 heterocycles. The van der Waals surface area contributed by atoms with Crippen molar-refractivity contribution in [2.24, 2.45) is 5.92 Å². The third-order valence-electron chi connectivity index (χ3n) is 4.61. The van der Waals surface area contributed by atoms with E-state index < -0.39 is 5.60 Å². The Morgan fingerprint density at radius 2 is 2.00 bits per heavy atom. The molecule has 0 aliphatic carbocycles. The minimum absolute atomic E-state index is 0.104. The number of carbonyl (C=O) groups excluding carboxylic acids is 2. The molecule has 0 spiro atoms. The monoisotopic (exact) mass is 376 g/mol. The van der Waals surface area contributed by atoms with Gasteiger partial charge in [0.05, 0.1) is 5.56 Å². The van der Waals surface area contributed by atoms with Crippen LogP contribution in [0, 0.1) is 5.92 Å². The number of rotatable bonds is 3. The van der Waals surface area contributed by atoms with E-state index in [1.54, 1.807) is 35.0 Å². The van der Waals surface area contributed by atoms with Gasteiger partial charge in [0.2, 0.25) is 0 Å². The van der Waals surface area contributed by atoms with Gasteiger partial charge in [-0.2, -0.15) is 0 Å². The molecule has 0 aromatic heterocycles. The number of hydrogen-bond donors (Lipinski definition) is 0. The molecule has 1 atom stereocenters. The summed E-state index contributed by atoms with van der Waals surface area (Å²) in [6.45, 7) is 8.32. The number of amides is 2. The summed E-state index contributed by atoms with van der Waals surface area (Å²) in [5.41, 5.74) is 0.00726. The van der Waals surface area contributed by atoms with Crippen LogP contribution in [0.4, 0.5) is 4.79 Å². The van der Waals surface area contributed by atoms with Gasteiger partial charge in [0, 0.05) is 26.7 Å². The zero-order valence-corrected chi connectivity index (χ0v) is 16.5. The molecule has 1 fully saturated rings. The maximum Gasteiger partial charge on any atom is 0.410 e. The van der Waals surface area contributed by atoms with Crippen LogP contribution in [0.5, 0.6) is 11.5 Å². The fourth-order valence-corrected chi connectivity index (χ4v) is 3.39. The number of para-hydroxylation sites is 1. The first kappa shape index (κ1) is 19.3. The van der Waals surface area contributed by atoms with Crippen LogP contribution in [-0.4, -0.2) is 67.3 Å². The molecule has 0 saturated carbocycles. The molecule has 2 amide bonds. The third-order valence-corrected chi connectivity index (χ3v) is 4.61. The lowest BCUT2D eigenvalue weighted by Crippen LogP contribution is -2.37. The van der Waals surface area contributed by atoms with E-state index in [1.807, 2.05) is 20.8 Å². The van der Waals surface area contributed by atoms with Crippen molar-refractivity contribution >= 4 is 12.0 Å². The van der Waals surface area contributed by atoms with E-state index >= 15 is 0 Å². The summed E-state index contributed by atoms with van der Waals surface area (Å²) >= 11 is 0. The lowest BCUT2D eigenvalue weighted by molar-refractivity contribution is 0.0286. The molecule has 1 aromatic rings. The summed E-state index contributed by atoms with van der Waals surface area (Å²) in [4.78, 5) is 28.5. The maximum absolute atomic E-state index is 12.9. The van der Waals surface area contributed by atoms with Gasteiger partial charge in [-0.1, -0.05) is 6.07 Å². The van der Waals surface area contributed by atoms with Crippen LogP contribution in [0.3, 0.4) is 0 Å². The second-order valence-corrected chi connectivity index (χ2v) is 8.10. The third kappa shape index (κ3) is 4.64. The van der Waals surface area contributed by atoms with E-state index in [4.69, 9.17) is 14.2 Å². The van der Waals surface area contributed by atoms with E-state index in [9.17, 15) is 9.59 Å². The molecule has 2 aliphatic heterocycles. The summed E-state index contributed by atoms with van der Waals surface area (Å²) in [6.07, 6.45) is 0.560. The highest BCUT2D eigenvalue weighted by atomic mass is 16.6. The largest absolute Gasteiger partial charge is 0.486 e. The molecule has 7 nitrogen and oxygen atoms in total. The first-order valence-corrected chi connectivity index (χ1v) is 9.36. The van der Waals surface area contributed by atoms with Crippen LogP contribution in [0.25, 0.3) is 0 Å². The summed E-state index contributed by atoms with van der Waals surface area (Å²) in [6, 6.07) is 5.36. The first-order valence-electron chi connectivity index (χ1n) is 9.36.